The lowest BCUT2D eigenvalue weighted by atomic mass is 10.2. The Labute approximate surface area is 158 Å². The summed E-state index contributed by atoms with van der Waals surface area (Å²) in [5.41, 5.74) is -1.71. The minimum absolute atomic E-state index is 0.0450. The van der Waals surface area contributed by atoms with Gasteiger partial charge in [-0.15, -0.1) is 0 Å². The number of alkyl halides is 3. The number of hydrogen-bond acceptors (Lipinski definition) is 3. The molecular weight excluding hydrogens is 385 g/mol. The maximum atomic E-state index is 13.5. The van der Waals surface area contributed by atoms with E-state index in [1.807, 2.05) is 0 Å². The third-order valence-electron chi connectivity index (χ3n) is 3.44. The van der Waals surface area contributed by atoms with Gasteiger partial charge in [0.05, 0.1) is 17.4 Å². The molecule has 1 aromatic carbocycles. The minimum Gasteiger partial charge on any atom is -0.354 e. The van der Waals surface area contributed by atoms with Crippen molar-refractivity contribution in [2.45, 2.75) is 32.5 Å². The second kappa shape index (κ2) is 8.43. The maximum absolute atomic E-state index is 13.5. The molecule has 0 aliphatic heterocycles. The Kier molecular flexibility index (Phi) is 6.48. The summed E-state index contributed by atoms with van der Waals surface area (Å²) in [7, 11) is 0. The van der Waals surface area contributed by atoms with Gasteiger partial charge in [-0.05, 0) is 38.1 Å². The van der Waals surface area contributed by atoms with Gasteiger partial charge >= 0.3 is 6.18 Å². The van der Waals surface area contributed by atoms with Crippen molar-refractivity contribution in [3.63, 3.8) is 0 Å². The van der Waals surface area contributed by atoms with Crippen molar-refractivity contribution >= 4 is 23.4 Å². The van der Waals surface area contributed by atoms with Crippen LogP contribution in [0.2, 0.25) is 5.02 Å². The van der Waals surface area contributed by atoms with Gasteiger partial charge in [-0.3, -0.25) is 9.59 Å². The average molecular weight is 403 g/mol. The number of hydrogen-bond donors (Lipinski definition) is 2. The van der Waals surface area contributed by atoms with Gasteiger partial charge in [-0.25, -0.2) is 4.68 Å². The first-order valence-corrected chi connectivity index (χ1v) is 8.46. The van der Waals surface area contributed by atoms with Gasteiger partial charge in [0.2, 0.25) is 5.91 Å². The Hall–Kier alpha value is -2.55. The molecule has 27 heavy (non-hydrogen) atoms. The monoisotopic (exact) mass is 402 g/mol. The molecule has 1 heterocycles. The van der Waals surface area contributed by atoms with Crippen molar-refractivity contribution in [1.29, 1.82) is 0 Å². The van der Waals surface area contributed by atoms with Gasteiger partial charge < -0.3 is 10.6 Å². The summed E-state index contributed by atoms with van der Waals surface area (Å²) in [6.45, 7) is 3.45. The van der Waals surface area contributed by atoms with Gasteiger partial charge in [-0.1, -0.05) is 11.6 Å². The van der Waals surface area contributed by atoms with Gasteiger partial charge in [-0.2, -0.15) is 18.3 Å². The number of rotatable bonds is 6. The lowest BCUT2D eigenvalue weighted by Gasteiger charge is -2.13. The van der Waals surface area contributed by atoms with Crippen LogP contribution in [-0.4, -0.2) is 34.2 Å². The molecule has 0 aliphatic rings. The van der Waals surface area contributed by atoms with Crippen LogP contribution < -0.4 is 10.6 Å². The van der Waals surface area contributed by atoms with E-state index in [1.165, 1.54) is 24.3 Å². The third-order valence-corrected chi connectivity index (χ3v) is 3.69. The zero-order chi connectivity index (χ0) is 20.2. The number of nitrogens with one attached hydrogen (secondary N) is 2. The molecule has 1 aromatic heterocycles. The van der Waals surface area contributed by atoms with Gasteiger partial charge in [0.15, 0.2) is 5.69 Å². The van der Waals surface area contributed by atoms with Gasteiger partial charge in [0.1, 0.15) is 0 Å². The van der Waals surface area contributed by atoms with Crippen molar-refractivity contribution in [2.24, 2.45) is 0 Å². The molecule has 0 saturated heterocycles. The molecule has 2 aromatic rings. The normalized spacial score (nSPS) is 11.5. The summed E-state index contributed by atoms with van der Waals surface area (Å²) in [5.74, 6) is -1.27. The number of aromatic nitrogens is 2. The minimum atomic E-state index is -4.81. The molecule has 0 aliphatic carbocycles. The Bertz CT molecular complexity index is 817. The molecule has 2 N–H and O–H groups in total. The van der Waals surface area contributed by atoms with E-state index in [0.29, 0.717) is 9.70 Å². The molecule has 2 amide bonds. The fourth-order valence-corrected chi connectivity index (χ4v) is 2.47. The molecule has 0 unspecified atom stereocenters. The van der Waals surface area contributed by atoms with E-state index < -0.39 is 23.3 Å². The van der Waals surface area contributed by atoms with E-state index in [2.05, 4.69) is 15.7 Å². The van der Waals surface area contributed by atoms with Crippen molar-refractivity contribution in [3.8, 4) is 5.69 Å². The van der Waals surface area contributed by atoms with E-state index in [4.69, 9.17) is 11.6 Å². The second-order valence-electron chi connectivity index (χ2n) is 6.02. The topological polar surface area (TPSA) is 76.0 Å². The lowest BCUT2D eigenvalue weighted by Crippen LogP contribution is -2.34. The standard InChI is InChI=1S/C17H18ClF3N4O2/c1-10(2)24-14(26)7-8-22-16(27)13-9-23-25(15(13)17(19,20)21)12-5-3-11(18)4-6-12/h3-6,9-10H,7-8H2,1-2H3,(H,22,27)(H,24,26). The molecule has 2 rings (SSSR count). The van der Waals surface area contributed by atoms with Crippen molar-refractivity contribution < 1.29 is 22.8 Å². The summed E-state index contributed by atoms with van der Waals surface area (Å²) >= 11 is 5.75. The SMILES string of the molecule is CC(C)NC(=O)CCNC(=O)c1cnn(-c2ccc(Cl)cc2)c1C(F)(F)F. The quantitative estimate of drug-likeness (QED) is 0.779. The number of carbonyl (C=O) groups is 2. The Morgan fingerprint density at radius 3 is 2.41 bits per heavy atom. The smallest absolute Gasteiger partial charge is 0.354 e. The summed E-state index contributed by atoms with van der Waals surface area (Å²) in [5, 5.41) is 9.00. The van der Waals surface area contributed by atoms with Crippen LogP contribution in [0, 0.1) is 0 Å². The number of benzene rings is 1. The van der Waals surface area contributed by atoms with Crippen LogP contribution in [0.5, 0.6) is 0 Å². The van der Waals surface area contributed by atoms with Crippen molar-refractivity contribution in [1.82, 2.24) is 20.4 Å². The fraction of sp³-hybridized carbons (Fsp3) is 0.353. The van der Waals surface area contributed by atoms with Crippen LogP contribution >= 0.6 is 11.6 Å². The van der Waals surface area contributed by atoms with Gasteiger partial charge in [0, 0.05) is 24.0 Å². The highest BCUT2D eigenvalue weighted by atomic mass is 35.5. The van der Waals surface area contributed by atoms with E-state index in [-0.39, 0.29) is 30.6 Å². The highest BCUT2D eigenvalue weighted by molar-refractivity contribution is 6.30. The molecule has 6 nitrogen and oxygen atoms in total. The van der Waals surface area contributed by atoms with Crippen LogP contribution in [0.15, 0.2) is 30.5 Å². The largest absolute Gasteiger partial charge is 0.434 e. The molecular formula is C17H18ClF3N4O2. The number of halogens is 4. The van der Waals surface area contributed by atoms with Crippen LogP contribution in [0.3, 0.4) is 0 Å². The number of nitrogens with zero attached hydrogens (tertiary/aromatic N) is 2. The second-order valence-corrected chi connectivity index (χ2v) is 6.46. The van der Waals surface area contributed by atoms with Crippen molar-refractivity contribution in [2.75, 3.05) is 6.54 Å². The number of carbonyl (C=O) groups excluding carboxylic acids is 2. The van der Waals surface area contributed by atoms with E-state index in [0.717, 1.165) is 6.20 Å². The van der Waals surface area contributed by atoms with Gasteiger partial charge in [0.25, 0.3) is 5.91 Å². The Balaban J connectivity index is 2.20. The van der Waals surface area contributed by atoms with Crippen LogP contribution in [0.1, 0.15) is 36.3 Å². The van der Waals surface area contributed by atoms with Crippen LogP contribution in [-0.2, 0) is 11.0 Å². The highest BCUT2D eigenvalue weighted by Crippen LogP contribution is 2.33. The Morgan fingerprint density at radius 2 is 1.85 bits per heavy atom. The zero-order valence-electron chi connectivity index (χ0n) is 14.6. The molecule has 10 heteroatoms. The molecule has 0 saturated carbocycles. The zero-order valence-corrected chi connectivity index (χ0v) is 15.4. The molecule has 0 radical (unpaired) electrons. The molecule has 0 spiro atoms. The summed E-state index contributed by atoms with van der Waals surface area (Å²) in [6, 6.07) is 5.51. The number of amides is 2. The van der Waals surface area contributed by atoms with E-state index in [1.54, 1.807) is 13.8 Å². The van der Waals surface area contributed by atoms with E-state index >= 15 is 0 Å². The lowest BCUT2D eigenvalue weighted by molar-refractivity contribution is -0.143. The predicted octanol–water partition coefficient (Wildman–Crippen LogP) is 3.19. The molecule has 0 fully saturated rings. The first-order valence-electron chi connectivity index (χ1n) is 8.08. The predicted molar refractivity (Wildman–Crippen MR) is 93.8 cm³/mol. The fourth-order valence-electron chi connectivity index (χ4n) is 2.34. The van der Waals surface area contributed by atoms with Crippen LogP contribution in [0.4, 0.5) is 13.2 Å². The molecule has 0 atom stereocenters. The molecule has 146 valence electrons. The summed E-state index contributed by atoms with van der Waals surface area (Å²) in [6.07, 6.45) is -4.00. The summed E-state index contributed by atoms with van der Waals surface area (Å²) in [4.78, 5) is 23.7. The van der Waals surface area contributed by atoms with Crippen LogP contribution in [0.25, 0.3) is 5.69 Å². The van der Waals surface area contributed by atoms with Crippen molar-refractivity contribution in [3.05, 3.63) is 46.7 Å². The van der Waals surface area contributed by atoms with E-state index in [9.17, 15) is 22.8 Å². The first kappa shape index (κ1) is 20.8. The average Bonchev–Trinajstić information content (AvgIpc) is 3.00. The summed E-state index contributed by atoms with van der Waals surface area (Å²) < 4.78 is 41.2. The highest BCUT2D eigenvalue weighted by Gasteiger charge is 2.40. The molecule has 0 bridgehead atoms. The Morgan fingerprint density at radius 1 is 1.22 bits per heavy atom. The first-order chi connectivity index (χ1) is 12.6. The third kappa shape index (κ3) is 5.46. The maximum Gasteiger partial charge on any atom is 0.434 e.